The molecule has 0 aromatic heterocycles. The third-order valence-corrected chi connectivity index (χ3v) is 5.07. The first-order valence-corrected chi connectivity index (χ1v) is 9.75. The summed E-state index contributed by atoms with van der Waals surface area (Å²) in [5, 5.41) is 0. The van der Waals surface area contributed by atoms with Crippen LogP contribution in [0.5, 0.6) is 0 Å². The number of piperidine rings is 1. The smallest absolute Gasteiger partial charge is 0.410 e. The number of nitrogens with zero attached hydrogens (tertiary/aromatic N) is 1. The molecule has 1 amide bonds. The molecular formula is C15H20ClNO5S. The Morgan fingerprint density at radius 1 is 1.35 bits per heavy atom. The molecule has 1 fully saturated rings. The zero-order valence-electron chi connectivity index (χ0n) is 12.9. The first-order chi connectivity index (χ1) is 10.8. The number of likely N-dealkylation sites (tertiary alicyclic amines) is 1. The van der Waals surface area contributed by atoms with Crippen molar-refractivity contribution in [2.75, 3.05) is 26.0 Å². The molecule has 0 aliphatic carbocycles. The minimum absolute atomic E-state index is 0.142. The third kappa shape index (κ3) is 5.37. The number of benzene rings is 1. The number of amides is 1. The molecule has 1 aromatic carbocycles. The zero-order valence-corrected chi connectivity index (χ0v) is 14.5. The van der Waals surface area contributed by atoms with Crippen molar-refractivity contribution in [2.45, 2.75) is 25.0 Å². The lowest BCUT2D eigenvalue weighted by Gasteiger charge is -2.40. The number of halogens is 1. The van der Waals surface area contributed by atoms with Crippen molar-refractivity contribution >= 4 is 25.8 Å². The molecule has 1 atom stereocenters. The van der Waals surface area contributed by atoms with E-state index in [-0.39, 0.29) is 18.9 Å². The fourth-order valence-corrected chi connectivity index (χ4v) is 4.30. The lowest BCUT2D eigenvalue weighted by Crippen LogP contribution is -2.54. The quantitative estimate of drug-likeness (QED) is 0.753. The van der Waals surface area contributed by atoms with E-state index in [2.05, 4.69) is 0 Å². The lowest BCUT2D eigenvalue weighted by molar-refractivity contribution is -0.0461. The predicted molar refractivity (Wildman–Crippen MR) is 86.8 cm³/mol. The lowest BCUT2D eigenvalue weighted by atomic mass is 9.95. The van der Waals surface area contributed by atoms with E-state index >= 15 is 0 Å². The molecule has 128 valence electrons. The van der Waals surface area contributed by atoms with Crippen LogP contribution in [0.25, 0.3) is 0 Å². The average molecular weight is 362 g/mol. The second kappa shape index (κ2) is 7.51. The van der Waals surface area contributed by atoms with Crippen LogP contribution in [0.3, 0.4) is 0 Å². The van der Waals surface area contributed by atoms with Crippen LogP contribution < -0.4 is 0 Å². The maximum absolute atomic E-state index is 12.2. The first-order valence-electron chi connectivity index (χ1n) is 7.27. The van der Waals surface area contributed by atoms with E-state index in [9.17, 15) is 13.2 Å². The van der Waals surface area contributed by atoms with E-state index < -0.39 is 20.7 Å². The Hall–Kier alpha value is -1.31. The van der Waals surface area contributed by atoms with Crippen LogP contribution in [-0.2, 0) is 25.1 Å². The molecule has 6 nitrogen and oxygen atoms in total. The Labute approximate surface area is 140 Å². The summed E-state index contributed by atoms with van der Waals surface area (Å²) in [6.07, 6.45) is 0.667. The molecule has 1 unspecified atom stereocenters. The van der Waals surface area contributed by atoms with E-state index in [1.165, 1.54) is 12.0 Å². The Bertz CT molecular complexity index is 637. The summed E-state index contributed by atoms with van der Waals surface area (Å²) in [6, 6.07) is 9.35. The Kier molecular flexibility index (Phi) is 5.89. The Balaban J connectivity index is 1.98. The van der Waals surface area contributed by atoms with E-state index in [0.29, 0.717) is 19.4 Å². The van der Waals surface area contributed by atoms with Gasteiger partial charge in [-0.2, -0.15) is 0 Å². The number of carbonyl (C=O) groups is 1. The average Bonchev–Trinajstić information content (AvgIpc) is 2.52. The molecule has 1 saturated heterocycles. The molecule has 1 heterocycles. The number of hydrogen-bond acceptors (Lipinski definition) is 5. The van der Waals surface area contributed by atoms with Crippen molar-refractivity contribution < 1.29 is 22.7 Å². The van der Waals surface area contributed by atoms with Crippen LogP contribution in [0.1, 0.15) is 18.4 Å². The molecule has 0 spiro atoms. The Morgan fingerprint density at radius 3 is 2.65 bits per heavy atom. The maximum Gasteiger partial charge on any atom is 0.410 e. The van der Waals surface area contributed by atoms with Gasteiger partial charge >= 0.3 is 6.09 Å². The minimum Gasteiger partial charge on any atom is -0.445 e. The van der Waals surface area contributed by atoms with Crippen molar-refractivity contribution in [3.05, 3.63) is 35.9 Å². The number of ether oxygens (including phenoxy) is 2. The van der Waals surface area contributed by atoms with Gasteiger partial charge in [-0.3, -0.25) is 0 Å². The van der Waals surface area contributed by atoms with E-state index in [0.717, 1.165) is 5.56 Å². The third-order valence-electron chi connectivity index (χ3n) is 3.87. The fraction of sp³-hybridized carbons (Fsp3) is 0.533. The molecule has 23 heavy (non-hydrogen) atoms. The molecule has 0 saturated carbocycles. The van der Waals surface area contributed by atoms with Gasteiger partial charge in [-0.05, 0) is 18.4 Å². The van der Waals surface area contributed by atoms with Crippen molar-refractivity contribution in [2.24, 2.45) is 0 Å². The summed E-state index contributed by atoms with van der Waals surface area (Å²) in [5.41, 5.74) is -0.0934. The van der Waals surface area contributed by atoms with Gasteiger partial charge in [-0.25, -0.2) is 13.2 Å². The summed E-state index contributed by atoms with van der Waals surface area (Å²) in [4.78, 5) is 13.7. The minimum atomic E-state index is -3.73. The molecule has 1 aliphatic rings. The van der Waals surface area contributed by atoms with Gasteiger partial charge < -0.3 is 14.4 Å². The molecular weight excluding hydrogens is 342 g/mol. The van der Waals surface area contributed by atoms with Crippen LogP contribution in [-0.4, -0.2) is 51.0 Å². The highest BCUT2D eigenvalue weighted by molar-refractivity contribution is 8.13. The summed E-state index contributed by atoms with van der Waals surface area (Å²) < 4.78 is 33.5. The van der Waals surface area contributed by atoms with Gasteiger partial charge in [0, 0.05) is 24.3 Å². The zero-order chi connectivity index (χ0) is 16.9. The van der Waals surface area contributed by atoms with Crippen molar-refractivity contribution in [1.82, 2.24) is 4.90 Å². The Morgan fingerprint density at radius 2 is 2.04 bits per heavy atom. The van der Waals surface area contributed by atoms with Crippen LogP contribution in [0, 0.1) is 0 Å². The molecule has 8 heteroatoms. The topological polar surface area (TPSA) is 72.9 Å². The molecule has 0 radical (unpaired) electrons. The molecule has 1 aromatic rings. The molecule has 1 aliphatic heterocycles. The van der Waals surface area contributed by atoms with Gasteiger partial charge in [0.1, 0.15) is 12.2 Å². The van der Waals surface area contributed by atoms with Gasteiger partial charge in [-0.15, -0.1) is 0 Å². The summed E-state index contributed by atoms with van der Waals surface area (Å²) in [6.45, 7) is 0.814. The predicted octanol–water partition coefficient (Wildman–Crippen LogP) is 2.37. The van der Waals surface area contributed by atoms with Crippen LogP contribution in [0.2, 0.25) is 0 Å². The van der Waals surface area contributed by atoms with E-state index in [4.69, 9.17) is 20.2 Å². The molecule has 0 bridgehead atoms. The van der Waals surface area contributed by atoms with Crippen molar-refractivity contribution in [3.63, 3.8) is 0 Å². The maximum atomic E-state index is 12.2. The summed E-state index contributed by atoms with van der Waals surface area (Å²) in [5.74, 6) is -0.333. The fourth-order valence-electron chi connectivity index (χ4n) is 2.72. The van der Waals surface area contributed by atoms with E-state index in [1.54, 1.807) is 0 Å². The van der Waals surface area contributed by atoms with Gasteiger partial charge in [-0.1, -0.05) is 30.3 Å². The van der Waals surface area contributed by atoms with Crippen LogP contribution in [0.15, 0.2) is 30.3 Å². The van der Waals surface area contributed by atoms with Gasteiger partial charge in [0.15, 0.2) is 0 Å². The van der Waals surface area contributed by atoms with Crippen LogP contribution in [0.4, 0.5) is 4.79 Å². The van der Waals surface area contributed by atoms with Gasteiger partial charge in [0.25, 0.3) is 0 Å². The number of carbonyl (C=O) groups excluding carboxylic acids is 1. The van der Waals surface area contributed by atoms with Crippen LogP contribution >= 0.6 is 10.7 Å². The second-order valence-corrected chi connectivity index (χ2v) is 8.41. The normalized spacial score (nSPS) is 21.9. The monoisotopic (exact) mass is 361 g/mol. The largest absolute Gasteiger partial charge is 0.445 e. The number of methoxy groups -OCH3 is 1. The summed E-state index contributed by atoms with van der Waals surface area (Å²) >= 11 is 0. The molecule has 0 N–H and O–H groups in total. The second-order valence-electron chi connectivity index (χ2n) is 5.64. The molecule has 2 rings (SSSR count). The van der Waals surface area contributed by atoms with Gasteiger partial charge in [0.2, 0.25) is 9.05 Å². The standard InChI is InChI=1S/C15H20ClNO5S/c1-21-15(12-23(16,19)20)8-5-9-17(11-15)14(18)22-10-13-6-3-2-4-7-13/h2-4,6-7H,5,8-12H2,1H3. The first kappa shape index (κ1) is 18.0. The number of rotatable bonds is 5. The number of hydrogen-bond donors (Lipinski definition) is 0. The highest BCUT2D eigenvalue weighted by Crippen LogP contribution is 2.28. The SMILES string of the molecule is COC1(CS(=O)(=O)Cl)CCCN(C(=O)OCc2ccccc2)C1. The summed E-state index contributed by atoms with van der Waals surface area (Å²) in [7, 11) is 3.06. The van der Waals surface area contributed by atoms with Crippen molar-refractivity contribution in [1.29, 1.82) is 0 Å². The highest BCUT2D eigenvalue weighted by atomic mass is 35.7. The van der Waals surface area contributed by atoms with Crippen molar-refractivity contribution in [3.8, 4) is 0 Å². The van der Waals surface area contributed by atoms with E-state index in [1.807, 2.05) is 30.3 Å². The highest BCUT2D eigenvalue weighted by Gasteiger charge is 2.41. The van der Waals surface area contributed by atoms with Gasteiger partial charge in [0.05, 0.1) is 12.3 Å².